The maximum Gasteiger partial charge on any atom is 0.229 e. The van der Waals surface area contributed by atoms with Gasteiger partial charge in [0, 0.05) is 18.3 Å². The van der Waals surface area contributed by atoms with E-state index in [2.05, 4.69) is 51.8 Å². The van der Waals surface area contributed by atoms with Crippen molar-refractivity contribution in [3.63, 3.8) is 0 Å². The van der Waals surface area contributed by atoms with Gasteiger partial charge in [0.15, 0.2) is 0 Å². The maximum absolute atomic E-state index is 5.86. The zero-order chi connectivity index (χ0) is 19.2. The Morgan fingerprint density at radius 1 is 0.963 bits per heavy atom. The molecule has 0 aliphatic heterocycles. The number of hydrogen-bond acceptors (Lipinski definition) is 5. The molecule has 0 bridgehead atoms. The van der Waals surface area contributed by atoms with Crippen LogP contribution in [-0.4, -0.2) is 16.1 Å². The molecule has 2 aromatic carbocycles. The molecule has 0 aliphatic carbocycles. The first kappa shape index (κ1) is 18.7. The van der Waals surface area contributed by atoms with Crippen molar-refractivity contribution in [3.8, 4) is 5.75 Å². The van der Waals surface area contributed by atoms with E-state index < -0.39 is 0 Å². The molecule has 5 heteroatoms. The molecule has 0 amide bonds. The van der Waals surface area contributed by atoms with Gasteiger partial charge in [-0.1, -0.05) is 42.0 Å². The first-order valence-electron chi connectivity index (χ1n) is 9.17. The van der Waals surface area contributed by atoms with E-state index in [4.69, 9.17) is 4.74 Å². The van der Waals surface area contributed by atoms with Crippen LogP contribution in [0.3, 0.4) is 0 Å². The highest BCUT2D eigenvalue weighted by molar-refractivity contribution is 5.63. The van der Waals surface area contributed by atoms with Crippen molar-refractivity contribution < 1.29 is 4.74 Å². The second-order valence-electron chi connectivity index (χ2n) is 6.85. The largest absolute Gasteiger partial charge is 0.489 e. The van der Waals surface area contributed by atoms with Crippen LogP contribution < -0.4 is 15.4 Å². The number of nitrogens with zero attached hydrogens (tertiary/aromatic N) is 2. The highest BCUT2D eigenvalue weighted by Gasteiger charge is 2.08. The highest BCUT2D eigenvalue weighted by atomic mass is 16.5. The van der Waals surface area contributed by atoms with E-state index in [1.807, 2.05) is 51.1 Å². The molecule has 27 heavy (non-hydrogen) atoms. The lowest BCUT2D eigenvalue weighted by Gasteiger charge is -2.15. The van der Waals surface area contributed by atoms with Gasteiger partial charge in [-0.05, 0) is 45.4 Å². The minimum Gasteiger partial charge on any atom is -0.489 e. The highest BCUT2D eigenvalue weighted by Crippen LogP contribution is 2.27. The lowest BCUT2D eigenvalue weighted by atomic mass is 10.1. The quantitative estimate of drug-likeness (QED) is 0.602. The molecule has 0 spiro atoms. The van der Waals surface area contributed by atoms with Crippen LogP contribution in [-0.2, 0) is 6.54 Å². The molecule has 3 rings (SSSR count). The molecular weight excluding hydrogens is 336 g/mol. The summed E-state index contributed by atoms with van der Waals surface area (Å²) < 4.78 is 5.86. The molecule has 3 aromatic rings. The van der Waals surface area contributed by atoms with Crippen molar-refractivity contribution in [3.05, 3.63) is 71.4 Å². The predicted octanol–water partition coefficient (Wildman–Crippen LogP) is 5.24. The lowest BCUT2D eigenvalue weighted by Crippen LogP contribution is -2.09. The molecular formula is C22H26N4O. The number of benzene rings is 2. The fourth-order valence-electron chi connectivity index (χ4n) is 2.66. The fourth-order valence-corrected chi connectivity index (χ4v) is 2.66. The minimum atomic E-state index is 0.0955. The second kappa shape index (κ2) is 8.54. The molecule has 0 aliphatic rings. The van der Waals surface area contributed by atoms with Crippen LogP contribution in [0.15, 0.2) is 54.6 Å². The fraction of sp³-hybridized carbons (Fsp3) is 0.273. The van der Waals surface area contributed by atoms with E-state index in [0.717, 1.165) is 22.9 Å². The smallest absolute Gasteiger partial charge is 0.229 e. The number of para-hydroxylation sites is 2. The van der Waals surface area contributed by atoms with Crippen LogP contribution >= 0.6 is 0 Å². The van der Waals surface area contributed by atoms with E-state index in [0.29, 0.717) is 12.5 Å². The van der Waals surface area contributed by atoms with Gasteiger partial charge in [-0.25, -0.2) is 4.98 Å². The van der Waals surface area contributed by atoms with Gasteiger partial charge in [-0.2, -0.15) is 4.98 Å². The average Bonchev–Trinajstić information content (AvgIpc) is 2.62. The zero-order valence-corrected chi connectivity index (χ0v) is 16.3. The average molecular weight is 362 g/mol. The van der Waals surface area contributed by atoms with E-state index in [1.165, 1.54) is 11.1 Å². The van der Waals surface area contributed by atoms with Gasteiger partial charge >= 0.3 is 0 Å². The molecule has 140 valence electrons. The molecule has 1 aromatic heterocycles. The summed E-state index contributed by atoms with van der Waals surface area (Å²) >= 11 is 0. The van der Waals surface area contributed by atoms with Crippen molar-refractivity contribution in [2.45, 2.75) is 40.3 Å². The standard InChI is InChI=1S/C22H26N4O/c1-15(2)27-20-8-6-5-7-19(20)25-22-24-17(4)13-21(26-22)23-14-18-11-9-16(3)10-12-18/h5-13,15H,14H2,1-4H3,(H2,23,24,25,26). The SMILES string of the molecule is Cc1ccc(CNc2cc(C)nc(Nc3ccccc3OC(C)C)n2)cc1. The van der Waals surface area contributed by atoms with Crippen LogP contribution in [0.1, 0.15) is 30.7 Å². The summed E-state index contributed by atoms with van der Waals surface area (Å²) in [5.41, 5.74) is 4.20. The third-order valence-electron chi connectivity index (χ3n) is 3.94. The van der Waals surface area contributed by atoms with E-state index in [1.54, 1.807) is 0 Å². The minimum absolute atomic E-state index is 0.0955. The van der Waals surface area contributed by atoms with Gasteiger partial charge in [0.25, 0.3) is 0 Å². The van der Waals surface area contributed by atoms with Gasteiger partial charge in [-0.15, -0.1) is 0 Å². The van der Waals surface area contributed by atoms with Crippen LogP contribution in [0, 0.1) is 13.8 Å². The Hall–Kier alpha value is -3.08. The molecule has 2 N–H and O–H groups in total. The van der Waals surface area contributed by atoms with Gasteiger partial charge < -0.3 is 15.4 Å². The summed E-state index contributed by atoms with van der Waals surface area (Å²) in [6.45, 7) is 8.77. The maximum atomic E-state index is 5.86. The lowest BCUT2D eigenvalue weighted by molar-refractivity contribution is 0.244. The van der Waals surface area contributed by atoms with Crippen LogP contribution in [0.25, 0.3) is 0 Å². The molecule has 0 atom stereocenters. The first-order valence-corrected chi connectivity index (χ1v) is 9.17. The number of hydrogen-bond donors (Lipinski definition) is 2. The number of rotatable bonds is 7. The summed E-state index contributed by atoms with van der Waals surface area (Å²) in [5.74, 6) is 2.11. The van der Waals surface area contributed by atoms with Gasteiger partial charge in [0.05, 0.1) is 11.8 Å². The summed E-state index contributed by atoms with van der Waals surface area (Å²) in [5, 5.41) is 6.65. The summed E-state index contributed by atoms with van der Waals surface area (Å²) in [6, 6.07) is 18.2. The third kappa shape index (κ3) is 5.45. The Bertz CT molecular complexity index is 891. The molecule has 0 unspecified atom stereocenters. The monoisotopic (exact) mass is 362 g/mol. The Labute approximate surface area is 160 Å². The molecule has 5 nitrogen and oxygen atoms in total. The van der Waals surface area contributed by atoms with Gasteiger partial charge in [0.1, 0.15) is 11.6 Å². The topological polar surface area (TPSA) is 59.1 Å². The van der Waals surface area contributed by atoms with Crippen molar-refractivity contribution in [2.75, 3.05) is 10.6 Å². The zero-order valence-electron chi connectivity index (χ0n) is 16.3. The number of anilines is 3. The van der Waals surface area contributed by atoms with Crippen molar-refractivity contribution in [1.82, 2.24) is 9.97 Å². The van der Waals surface area contributed by atoms with Crippen molar-refractivity contribution >= 4 is 17.5 Å². The van der Waals surface area contributed by atoms with Crippen molar-refractivity contribution in [1.29, 1.82) is 0 Å². The van der Waals surface area contributed by atoms with Gasteiger partial charge in [-0.3, -0.25) is 0 Å². The van der Waals surface area contributed by atoms with E-state index >= 15 is 0 Å². The van der Waals surface area contributed by atoms with Crippen LogP contribution in [0.5, 0.6) is 5.75 Å². The Morgan fingerprint density at radius 3 is 2.44 bits per heavy atom. The normalized spacial score (nSPS) is 10.7. The van der Waals surface area contributed by atoms with E-state index in [9.17, 15) is 0 Å². The van der Waals surface area contributed by atoms with E-state index in [-0.39, 0.29) is 6.10 Å². The van der Waals surface area contributed by atoms with Gasteiger partial charge in [0.2, 0.25) is 5.95 Å². The summed E-state index contributed by atoms with van der Waals surface area (Å²) in [6.07, 6.45) is 0.0955. The molecule has 0 fully saturated rings. The number of nitrogens with one attached hydrogen (secondary N) is 2. The third-order valence-corrected chi connectivity index (χ3v) is 3.94. The number of ether oxygens (including phenoxy) is 1. The summed E-state index contributed by atoms with van der Waals surface area (Å²) in [7, 11) is 0. The van der Waals surface area contributed by atoms with Crippen LogP contribution in [0.2, 0.25) is 0 Å². The molecule has 0 saturated heterocycles. The predicted molar refractivity (Wildman–Crippen MR) is 111 cm³/mol. The Kier molecular flexibility index (Phi) is 5.91. The Balaban J connectivity index is 1.74. The first-order chi connectivity index (χ1) is 13.0. The molecule has 0 radical (unpaired) electrons. The molecule has 1 heterocycles. The number of aryl methyl sites for hydroxylation is 2. The summed E-state index contributed by atoms with van der Waals surface area (Å²) in [4.78, 5) is 9.09. The van der Waals surface area contributed by atoms with Crippen LogP contribution in [0.4, 0.5) is 17.5 Å². The van der Waals surface area contributed by atoms with Crippen molar-refractivity contribution in [2.24, 2.45) is 0 Å². The number of aromatic nitrogens is 2. The second-order valence-corrected chi connectivity index (χ2v) is 6.85. The molecule has 0 saturated carbocycles. The Morgan fingerprint density at radius 2 is 1.70 bits per heavy atom.